The SMILES string of the molecule is O=C(NCc1cnc2n1CCN(C(=O)C1CCOCC1)C2)C1CC1. The fourth-order valence-electron chi connectivity index (χ4n) is 3.52. The van der Waals surface area contributed by atoms with Crippen molar-refractivity contribution in [3.8, 4) is 0 Å². The van der Waals surface area contributed by atoms with Crippen molar-refractivity contribution in [1.82, 2.24) is 19.8 Å². The van der Waals surface area contributed by atoms with E-state index >= 15 is 0 Å². The van der Waals surface area contributed by atoms with Crippen molar-refractivity contribution in [3.63, 3.8) is 0 Å². The Balaban J connectivity index is 1.37. The summed E-state index contributed by atoms with van der Waals surface area (Å²) in [6.07, 6.45) is 5.49. The van der Waals surface area contributed by atoms with Gasteiger partial charge in [0.25, 0.3) is 0 Å². The van der Waals surface area contributed by atoms with E-state index in [4.69, 9.17) is 4.74 Å². The molecule has 0 unspecified atom stereocenters. The molecule has 0 bridgehead atoms. The molecule has 3 aliphatic rings. The van der Waals surface area contributed by atoms with Gasteiger partial charge < -0.3 is 19.5 Å². The molecular formula is C17H24N4O3. The van der Waals surface area contributed by atoms with Gasteiger partial charge in [0.15, 0.2) is 0 Å². The van der Waals surface area contributed by atoms with Gasteiger partial charge in [-0.3, -0.25) is 9.59 Å². The van der Waals surface area contributed by atoms with Gasteiger partial charge in [0.05, 0.1) is 25.0 Å². The Hall–Kier alpha value is -1.89. The molecule has 7 nitrogen and oxygen atoms in total. The second-order valence-corrected chi connectivity index (χ2v) is 6.96. The third kappa shape index (κ3) is 3.17. The molecule has 24 heavy (non-hydrogen) atoms. The van der Waals surface area contributed by atoms with Crippen molar-refractivity contribution < 1.29 is 14.3 Å². The van der Waals surface area contributed by atoms with Crippen LogP contribution >= 0.6 is 0 Å². The van der Waals surface area contributed by atoms with Crippen molar-refractivity contribution in [2.24, 2.45) is 11.8 Å². The van der Waals surface area contributed by atoms with Gasteiger partial charge in [0.1, 0.15) is 5.82 Å². The van der Waals surface area contributed by atoms with Crippen molar-refractivity contribution in [3.05, 3.63) is 17.7 Å². The number of nitrogens with one attached hydrogen (secondary N) is 1. The molecule has 0 spiro atoms. The normalized spacial score (nSPS) is 21.4. The van der Waals surface area contributed by atoms with Crippen LogP contribution < -0.4 is 5.32 Å². The summed E-state index contributed by atoms with van der Waals surface area (Å²) in [7, 11) is 0. The van der Waals surface area contributed by atoms with Crippen LogP contribution in [0.1, 0.15) is 37.2 Å². The standard InChI is InChI=1S/C17H24N4O3/c22-16(12-1-2-12)19-10-14-9-18-15-11-20(5-6-21(14)15)17(23)13-3-7-24-8-4-13/h9,12-13H,1-8,10-11H2,(H,19,22). The Bertz CT molecular complexity index is 632. The van der Waals surface area contributed by atoms with Gasteiger partial charge in [-0.25, -0.2) is 4.98 Å². The second kappa shape index (κ2) is 6.55. The van der Waals surface area contributed by atoms with E-state index in [2.05, 4.69) is 14.9 Å². The first-order chi connectivity index (χ1) is 11.7. The summed E-state index contributed by atoms with van der Waals surface area (Å²) in [5.41, 5.74) is 1.03. The van der Waals surface area contributed by atoms with E-state index in [1.54, 1.807) is 0 Å². The van der Waals surface area contributed by atoms with Crippen molar-refractivity contribution >= 4 is 11.8 Å². The average Bonchev–Trinajstić information content (AvgIpc) is 3.40. The molecule has 7 heteroatoms. The summed E-state index contributed by atoms with van der Waals surface area (Å²) in [5, 5.41) is 2.99. The van der Waals surface area contributed by atoms with Crippen LogP contribution in [-0.4, -0.2) is 46.0 Å². The Kier molecular flexibility index (Phi) is 4.26. The van der Waals surface area contributed by atoms with Crippen molar-refractivity contribution in [1.29, 1.82) is 0 Å². The molecule has 1 N–H and O–H groups in total. The minimum Gasteiger partial charge on any atom is -0.381 e. The zero-order valence-corrected chi connectivity index (χ0v) is 13.9. The molecule has 0 aromatic carbocycles. The number of imidazole rings is 1. The number of fused-ring (bicyclic) bond motifs is 1. The topological polar surface area (TPSA) is 76.5 Å². The molecule has 1 aromatic heterocycles. The lowest BCUT2D eigenvalue weighted by molar-refractivity contribution is -0.140. The Morgan fingerprint density at radius 3 is 2.71 bits per heavy atom. The fourth-order valence-corrected chi connectivity index (χ4v) is 3.52. The number of aromatic nitrogens is 2. The largest absolute Gasteiger partial charge is 0.381 e. The summed E-state index contributed by atoms with van der Waals surface area (Å²) in [6.45, 7) is 3.92. The molecule has 0 radical (unpaired) electrons. The van der Waals surface area contributed by atoms with Crippen LogP contribution in [0.3, 0.4) is 0 Å². The number of amides is 2. The quantitative estimate of drug-likeness (QED) is 0.880. The number of carbonyl (C=O) groups excluding carboxylic acids is 2. The molecule has 1 saturated heterocycles. The van der Waals surface area contributed by atoms with Crippen LogP contribution in [0.25, 0.3) is 0 Å². The summed E-state index contributed by atoms with van der Waals surface area (Å²) in [4.78, 5) is 30.8. The first kappa shape index (κ1) is 15.6. The lowest BCUT2D eigenvalue weighted by Gasteiger charge is -2.32. The smallest absolute Gasteiger partial charge is 0.226 e. The van der Waals surface area contributed by atoms with Crippen LogP contribution in [-0.2, 0) is 34.0 Å². The second-order valence-electron chi connectivity index (χ2n) is 6.96. The minimum absolute atomic E-state index is 0.0950. The molecule has 2 aliphatic heterocycles. The summed E-state index contributed by atoms with van der Waals surface area (Å²) >= 11 is 0. The van der Waals surface area contributed by atoms with Gasteiger partial charge in [-0.1, -0.05) is 0 Å². The van der Waals surface area contributed by atoms with Crippen molar-refractivity contribution in [2.45, 2.75) is 45.3 Å². The van der Waals surface area contributed by atoms with Crippen LogP contribution in [0.15, 0.2) is 6.20 Å². The molecule has 130 valence electrons. The lowest BCUT2D eigenvalue weighted by Crippen LogP contribution is -2.43. The number of rotatable bonds is 4. The van der Waals surface area contributed by atoms with Crippen molar-refractivity contribution in [2.75, 3.05) is 19.8 Å². The molecular weight excluding hydrogens is 308 g/mol. The van der Waals surface area contributed by atoms with E-state index in [1.807, 2.05) is 11.1 Å². The van der Waals surface area contributed by atoms with Gasteiger partial charge in [-0.05, 0) is 25.7 Å². The summed E-state index contributed by atoms with van der Waals surface area (Å²) < 4.78 is 7.48. The lowest BCUT2D eigenvalue weighted by atomic mass is 9.98. The molecule has 0 atom stereocenters. The monoisotopic (exact) mass is 332 g/mol. The highest BCUT2D eigenvalue weighted by Gasteiger charge is 2.31. The number of hydrogen-bond donors (Lipinski definition) is 1. The Labute approximate surface area is 141 Å². The number of nitrogens with zero attached hydrogens (tertiary/aromatic N) is 3. The predicted molar refractivity (Wildman–Crippen MR) is 85.8 cm³/mol. The predicted octanol–water partition coefficient (Wildman–Crippen LogP) is 0.678. The maximum atomic E-state index is 12.6. The maximum Gasteiger partial charge on any atom is 0.226 e. The van der Waals surface area contributed by atoms with E-state index < -0.39 is 0 Å². The summed E-state index contributed by atoms with van der Waals surface area (Å²) in [5.74, 6) is 1.62. The molecule has 1 saturated carbocycles. The third-order valence-electron chi connectivity index (χ3n) is 5.22. The van der Waals surface area contributed by atoms with Gasteiger partial charge in [-0.2, -0.15) is 0 Å². The highest BCUT2D eigenvalue weighted by Crippen LogP contribution is 2.29. The first-order valence-corrected chi connectivity index (χ1v) is 8.90. The first-order valence-electron chi connectivity index (χ1n) is 8.90. The Morgan fingerprint density at radius 2 is 1.96 bits per heavy atom. The molecule has 4 rings (SSSR count). The Morgan fingerprint density at radius 1 is 1.17 bits per heavy atom. The van der Waals surface area contributed by atoms with E-state index in [9.17, 15) is 9.59 Å². The fraction of sp³-hybridized carbons (Fsp3) is 0.706. The van der Waals surface area contributed by atoms with E-state index in [1.165, 1.54) is 0 Å². The highest BCUT2D eigenvalue weighted by atomic mass is 16.5. The van der Waals surface area contributed by atoms with E-state index in [-0.39, 0.29) is 23.7 Å². The molecule has 1 aliphatic carbocycles. The molecule has 2 fully saturated rings. The number of carbonyl (C=O) groups is 2. The molecule has 1 aromatic rings. The van der Waals surface area contributed by atoms with Crippen LogP contribution in [0.5, 0.6) is 0 Å². The summed E-state index contributed by atoms with van der Waals surface area (Å²) in [6, 6.07) is 0. The van der Waals surface area contributed by atoms with Gasteiger partial charge in [0, 0.05) is 38.1 Å². The number of ether oxygens (including phenoxy) is 1. The van der Waals surface area contributed by atoms with Gasteiger partial charge >= 0.3 is 0 Å². The highest BCUT2D eigenvalue weighted by molar-refractivity contribution is 5.80. The number of hydrogen-bond acceptors (Lipinski definition) is 4. The minimum atomic E-state index is 0.0950. The van der Waals surface area contributed by atoms with E-state index in [0.29, 0.717) is 32.8 Å². The van der Waals surface area contributed by atoms with Crippen LogP contribution in [0, 0.1) is 11.8 Å². The molecule has 3 heterocycles. The molecule has 2 amide bonds. The van der Waals surface area contributed by atoms with E-state index in [0.717, 1.165) is 43.7 Å². The third-order valence-corrected chi connectivity index (χ3v) is 5.22. The van der Waals surface area contributed by atoms with Gasteiger partial charge in [-0.15, -0.1) is 0 Å². The maximum absolute atomic E-state index is 12.6. The zero-order chi connectivity index (χ0) is 16.5. The van der Waals surface area contributed by atoms with Crippen LogP contribution in [0.2, 0.25) is 0 Å². The zero-order valence-electron chi connectivity index (χ0n) is 13.9. The average molecular weight is 332 g/mol. The van der Waals surface area contributed by atoms with Crippen LogP contribution in [0.4, 0.5) is 0 Å². The van der Waals surface area contributed by atoms with Gasteiger partial charge in [0.2, 0.25) is 11.8 Å².